The number of hydrogen-bond donors (Lipinski definition) is 1. The Kier molecular flexibility index (Phi) is 6.54. The van der Waals surface area contributed by atoms with E-state index in [1.807, 2.05) is 24.3 Å². The number of benzene rings is 1. The van der Waals surface area contributed by atoms with Crippen LogP contribution < -0.4 is 5.56 Å². The molecule has 0 aliphatic carbocycles. The first-order chi connectivity index (χ1) is 13.5. The Morgan fingerprint density at radius 1 is 1.36 bits per heavy atom. The largest absolute Gasteiger partial charge is 0.462 e. The minimum Gasteiger partial charge on any atom is -0.462 e. The second-order valence-electron chi connectivity index (χ2n) is 6.00. The molecule has 5 nitrogen and oxygen atoms in total. The zero-order chi connectivity index (χ0) is 20.3. The zero-order valence-corrected chi connectivity index (χ0v) is 17.7. The number of carbonyl (C=O) groups excluding carboxylic acids is 1. The molecule has 2 heterocycles. The first-order valence-electron chi connectivity index (χ1n) is 8.68. The summed E-state index contributed by atoms with van der Waals surface area (Å²) < 4.78 is 5.07. The van der Waals surface area contributed by atoms with Crippen LogP contribution in [0.5, 0.6) is 0 Å². The second-order valence-corrected chi connectivity index (χ2v) is 7.79. The van der Waals surface area contributed by atoms with E-state index in [1.165, 1.54) is 0 Å². The number of hydrogen-bond acceptors (Lipinski definition) is 5. The lowest BCUT2D eigenvalue weighted by Crippen LogP contribution is -2.12. The Balaban J connectivity index is 2.15. The summed E-state index contributed by atoms with van der Waals surface area (Å²) in [5.74, 6) is 0.321. The monoisotopic (exact) mass is 436 g/mol. The Labute approximate surface area is 176 Å². The van der Waals surface area contributed by atoms with Crippen molar-refractivity contribution in [1.29, 1.82) is 0 Å². The van der Waals surface area contributed by atoms with E-state index in [0.717, 1.165) is 22.5 Å². The number of esters is 1. The SMILES string of the molecule is CCOC(=O)c1sc2nc(/C(=C\c3ccccc3Cl)CCCl)[nH]c(=O)c2c1C. The molecule has 0 saturated heterocycles. The second kappa shape index (κ2) is 8.90. The zero-order valence-electron chi connectivity index (χ0n) is 15.3. The number of allylic oxidation sites excluding steroid dienone is 1. The van der Waals surface area contributed by atoms with Crippen molar-refractivity contribution in [2.75, 3.05) is 12.5 Å². The molecule has 0 bridgehead atoms. The van der Waals surface area contributed by atoms with E-state index in [4.69, 9.17) is 27.9 Å². The lowest BCUT2D eigenvalue weighted by molar-refractivity contribution is 0.0531. The van der Waals surface area contributed by atoms with Gasteiger partial charge in [0.1, 0.15) is 15.5 Å². The van der Waals surface area contributed by atoms with Crippen LogP contribution in [0.2, 0.25) is 5.02 Å². The Morgan fingerprint density at radius 2 is 2.11 bits per heavy atom. The Hall–Kier alpha value is -2.15. The van der Waals surface area contributed by atoms with E-state index in [2.05, 4.69) is 9.97 Å². The van der Waals surface area contributed by atoms with E-state index in [1.54, 1.807) is 19.9 Å². The average Bonchev–Trinajstić information content (AvgIpc) is 3.00. The molecular weight excluding hydrogens is 419 g/mol. The highest BCUT2D eigenvalue weighted by Crippen LogP contribution is 2.30. The number of ether oxygens (including phenoxy) is 1. The third-order valence-corrected chi connectivity index (χ3v) is 5.86. The van der Waals surface area contributed by atoms with Crippen LogP contribution in [0.4, 0.5) is 0 Å². The van der Waals surface area contributed by atoms with Gasteiger partial charge in [0.15, 0.2) is 0 Å². The van der Waals surface area contributed by atoms with Crippen LogP contribution in [0.3, 0.4) is 0 Å². The number of thiophene rings is 1. The Morgan fingerprint density at radius 3 is 2.79 bits per heavy atom. The lowest BCUT2D eigenvalue weighted by Gasteiger charge is -2.07. The molecule has 0 saturated carbocycles. The number of H-pyrrole nitrogens is 1. The van der Waals surface area contributed by atoms with Crippen LogP contribution in [0.15, 0.2) is 29.1 Å². The van der Waals surface area contributed by atoms with Gasteiger partial charge >= 0.3 is 5.97 Å². The topological polar surface area (TPSA) is 72.0 Å². The fraction of sp³-hybridized carbons (Fsp3) is 0.250. The van der Waals surface area contributed by atoms with Gasteiger partial charge < -0.3 is 9.72 Å². The summed E-state index contributed by atoms with van der Waals surface area (Å²) in [5, 5.41) is 0.995. The van der Waals surface area contributed by atoms with Crippen molar-refractivity contribution in [3.63, 3.8) is 0 Å². The minimum absolute atomic E-state index is 0.266. The molecule has 3 aromatic rings. The molecule has 8 heteroatoms. The molecule has 0 atom stereocenters. The normalized spacial score (nSPS) is 11.8. The maximum absolute atomic E-state index is 12.7. The van der Waals surface area contributed by atoms with Gasteiger partial charge in [-0.05, 0) is 49.1 Å². The summed E-state index contributed by atoms with van der Waals surface area (Å²) >= 11 is 13.4. The van der Waals surface area contributed by atoms with Gasteiger partial charge in [0.25, 0.3) is 5.56 Å². The molecule has 146 valence electrons. The van der Waals surface area contributed by atoms with Crippen LogP contribution in [0, 0.1) is 6.92 Å². The van der Waals surface area contributed by atoms with E-state index < -0.39 is 5.97 Å². The van der Waals surface area contributed by atoms with Crippen LogP contribution in [-0.4, -0.2) is 28.4 Å². The van der Waals surface area contributed by atoms with Crippen LogP contribution in [0.25, 0.3) is 21.9 Å². The molecule has 0 fully saturated rings. The van der Waals surface area contributed by atoms with Gasteiger partial charge in [-0.25, -0.2) is 9.78 Å². The maximum Gasteiger partial charge on any atom is 0.348 e. The molecule has 1 aromatic carbocycles. The van der Waals surface area contributed by atoms with E-state index in [0.29, 0.717) is 43.8 Å². The number of alkyl halides is 1. The summed E-state index contributed by atoms with van der Waals surface area (Å²) in [7, 11) is 0. The van der Waals surface area contributed by atoms with Crippen molar-refractivity contribution >= 4 is 62.4 Å². The van der Waals surface area contributed by atoms with Crippen molar-refractivity contribution in [3.8, 4) is 0 Å². The standard InChI is InChI=1S/C20H18Cl2N2O3S/c1-3-27-20(26)16-11(2)15-18(25)23-17(24-19(15)28-16)13(8-9-21)10-12-6-4-5-7-14(12)22/h4-7,10H,3,8-9H2,1-2H3,(H,23,24,25)/b13-10-. The van der Waals surface area contributed by atoms with Crippen molar-refractivity contribution in [3.05, 3.63) is 61.5 Å². The summed E-state index contributed by atoms with van der Waals surface area (Å²) in [6, 6.07) is 7.39. The van der Waals surface area contributed by atoms with Gasteiger partial charge in [0.05, 0.1) is 12.0 Å². The highest BCUT2D eigenvalue weighted by atomic mass is 35.5. The van der Waals surface area contributed by atoms with Gasteiger partial charge in [-0.3, -0.25) is 4.79 Å². The van der Waals surface area contributed by atoms with Gasteiger partial charge in [-0.1, -0.05) is 29.8 Å². The van der Waals surface area contributed by atoms with Crippen molar-refractivity contribution < 1.29 is 9.53 Å². The molecule has 0 aliphatic heterocycles. The van der Waals surface area contributed by atoms with E-state index >= 15 is 0 Å². The molecule has 2 aromatic heterocycles. The number of fused-ring (bicyclic) bond motifs is 1. The molecule has 0 radical (unpaired) electrons. The fourth-order valence-corrected chi connectivity index (χ4v) is 4.30. The summed E-state index contributed by atoms with van der Waals surface area (Å²) in [4.78, 5) is 33.1. The third kappa shape index (κ3) is 4.14. The van der Waals surface area contributed by atoms with Gasteiger partial charge in [0, 0.05) is 10.9 Å². The number of rotatable bonds is 6. The molecule has 0 aliphatic rings. The smallest absolute Gasteiger partial charge is 0.348 e. The maximum atomic E-state index is 12.7. The number of nitrogens with one attached hydrogen (secondary N) is 1. The van der Waals surface area contributed by atoms with Gasteiger partial charge in [0.2, 0.25) is 0 Å². The molecule has 1 N–H and O–H groups in total. The summed E-state index contributed by atoms with van der Waals surface area (Å²) in [5.41, 5.74) is 1.84. The number of aromatic amines is 1. The predicted octanol–water partition coefficient (Wildman–Crippen LogP) is 5.29. The quantitative estimate of drug-likeness (QED) is 0.420. The molecule has 28 heavy (non-hydrogen) atoms. The molecule has 0 spiro atoms. The highest BCUT2D eigenvalue weighted by Gasteiger charge is 2.20. The fourth-order valence-electron chi connectivity index (χ4n) is 2.83. The van der Waals surface area contributed by atoms with Crippen molar-refractivity contribution in [2.45, 2.75) is 20.3 Å². The third-order valence-electron chi connectivity index (χ3n) is 4.16. The van der Waals surface area contributed by atoms with Gasteiger partial charge in [-0.15, -0.1) is 22.9 Å². The van der Waals surface area contributed by atoms with Crippen LogP contribution >= 0.6 is 34.5 Å². The van der Waals surface area contributed by atoms with Crippen LogP contribution in [-0.2, 0) is 4.74 Å². The average molecular weight is 437 g/mol. The summed E-state index contributed by atoms with van der Waals surface area (Å²) in [6.07, 6.45) is 2.36. The molecule has 3 rings (SSSR count). The Bertz CT molecular complexity index is 1120. The first-order valence-corrected chi connectivity index (χ1v) is 10.4. The van der Waals surface area contributed by atoms with Crippen LogP contribution in [0.1, 0.15) is 40.0 Å². The van der Waals surface area contributed by atoms with Gasteiger partial charge in [-0.2, -0.15) is 0 Å². The number of halogens is 2. The first kappa shape index (κ1) is 20.6. The lowest BCUT2D eigenvalue weighted by atomic mass is 10.1. The minimum atomic E-state index is -0.448. The predicted molar refractivity (Wildman–Crippen MR) is 116 cm³/mol. The molecule has 0 amide bonds. The van der Waals surface area contributed by atoms with E-state index in [9.17, 15) is 9.59 Å². The molecular formula is C20H18Cl2N2O3S. The highest BCUT2D eigenvalue weighted by molar-refractivity contribution is 7.20. The number of carbonyl (C=O) groups is 1. The number of aromatic nitrogens is 2. The molecule has 0 unspecified atom stereocenters. The number of aryl methyl sites for hydroxylation is 1. The summed E-state index contributed by atoms with van der Waals surface area (Å²) in [6.45, 7) is 3.73. The number of nitrogens with zero attached hydrogens (tertiary/aromatic N) is 1. The van der Waals surface area contributed by atoms with E-state index in [-0.39, 0.29) is 12.2 Å². The van der Waals surface area contributed by atoms with Crippen molar-refractivity contribution in [2.24, 2.45) is 0 Å². The van der Waals surface area contributed by atoms with Crippen molar-refractivity contribution in [1.82, 2.24) is 9.97 Å².